The highest BCUT2D eigenvalue weighted by molar-refractivity contribution is 6.18. The number of rotatable bonds is 1. The van der Waals surface area contributed by atoms with E-state index in [0.717, 1.165) is 0 Å². The minimum Gasteiger partial charge on any atom is -0.430 e. The zero-order valence-corrected chi connectivity index (χ0v) is 5.77. The lowest BCUT2D eigenvalue weighted by atomic mass is 10.2. The summed E-state index contributed by atoms with van der Waals surface area (Å²) in [4.78, 5) is 10.3. The van der Waals surface area contributed by atoms with Gasteiger partial charge in [0.05, 0.1) is 5.88 Å². The van der Waals surface area contributed by atoms with E-state index in [2.05, 4.69) is 4.74 Å². The average molecular weight is 151 g/mol. The molecule has 1 unspecified atom stereocenters. The van der Waals surface area contributed by atoms with Crippen LogP contribution in [0.3, 0.4) is 0 Å². The van der Waals surface area contributed by atoms with E-state index >= 15 is 0 Å². The molecule has 9 heavy (non-hydrogen) atoms. The van der Waals surface area contributed by atoms with Crippen LogP contribution in [-0.2, 0) is 9.47 Å². The van der Waals surface area contributed by atoms with Crippen molar-refractivity contribution in [3.63, 3.8) is 0 Å². The summed E-state index contributed by atoms with van der Waals surface area (Å²) in [5, 5.41) is 0. The molecular formula is C5H7ClO3. The van der Waals surface area contributed by atoms with Gasteiger partial charge in [-0.1, -0.05) is 0 Å². The van der Waals surface area contributed by atoms with Gasteiger partial charge in [0.2, 0.25) is 0 Å². The molecule has 1 saturated heterocycles. The Hall–Kier alpha value is -0.440. The van der Waals surface area contributed by atoms with Crippen LogP contribution in [-0.4, -0.2) is 24.2 Å². The number of hydrogen-bond donors (Lipinski definition) is 0. The van der Waals surface area contributed by atoms with Crippen LogP contribution in [0.4, 0.5) is 4.79 Å². The van der Waals surface area contributed by atoms with Crippen molar-refractivity contribution < 1.29 is 14.3 Å². The molecule has 0 aromatic carbocycles. The van der Waals surface area contributed by atoms with Gasteiger partial charge in [0.1, 0.15) is 6.61 Å². The van der Waals surface area contributed by atoms with Gasteiger partial charge in [0, 0.05) is 0 Å². The van der Waals surface area contributed by atoms with Crippen LogP contribution < -0.4 is 0 Å². The molecule has 1 rings (SSSR count). The van der Waals surface area contributed by atoms with Crippen molar-refractivity contribution in [2.45, 2.75) is 12.5 Å². The second kappa shape index (κ2) is 2.06. The highest BCUT2D eigenvalue weighted by atomic mass is 35.5. The molecule has 52 valence electrons. The van der Waals surface area contributed by atoms with Crippen LogP contribution in [0.2, 0.25) is 0 Å². The molecule has 0 saturated carbocycles. The van der Waals surface area contributed by atoms with E-state index in [0.29, 0.717) is 0 Å². The van der Waals surface area contributed by atoms with Crippen LogP contribution >= 0.6 is 11.6 Å². The highest BCUT2D eigenvalue weighted by Gasteiger charge is 2.36. The molecule has 0 amide bonds. The third-order valence-electron chi connectivity index (χ3n) is 1.11. The third kappa shape index (κ3) is 1.27. The smallest absolute Gasteiger partial charge is 0.430 e. The average Bonchev–Trinajstić information content (AvgIpc) is 2.13. The van der Waals surface area contributed by atoms with Crippen molar-refractivity contribution >= 4 is 17.8 Å². The van der Waals surface area contributed by atoms with E-state index in [1.54, 1.807) is 6.92 Å². The predicted octanol–water partition coefficient (Wildman–Crippen LogP) is 1.15. The number of ether oxygens (including phenoxy) is 2. The Morgan fingerprint density at radius 2 is 2.56 bits per heavy atom. The summed E-state index contributed by atoms with van der Waals surface area (Å²) in [5.74, 6) is 0.277. The van der Waals surface area contributed by atoms with Crippen molar-refractivity contribution in [1.82, 2.24) is 0 Å². The Balaban J connectivity index is 2.54. The molecule has 0 aliphatic carbocycles. The molecule has 1 atom stereocenters. The zero-order chi connectivity index (χ0) is 6.91. The van der Waals surface area contributed by atoms with Crippen molar-refractivity contribution in [1.29, 1.82) is 0 Å². The van der Waals surface area contributed by atoms with Gasteiger partial charge in [-0.3, -0.25) is 0 Å². The Bertz CT molecular complexity index is 136. The maximum Gasteiger partial charge on any atom is 0.509 e. The minimum absolute atomic E-state index is 0.259. The monoisotopic (exact) mass is 150 g/mol. The van der Waals surface area contributed by atoms with Crippen molar-refractivity contribution in [3.8, 4) is 0 Å². The van der Waals surface area contributed by atoms with Crippen molar-refractivity contribution in [3.05, 3.63) is 0 Å². The van der Waals surface area contributed by atoms with Crippen LogP contribution in [0.15, 0.2) is 0 Å². The number of alkyl halides is 1. The molecule has 1 aliphatic rings. The molecule has 0 N–H and O–H groups in total. The minimum atomic E-state index is -0.627. The number of carbonyl (C=O) groups is 1. The van der Waals surface area contributed by atoms with E-state index < -0.39 is 11.8 Å². The number of halogens is 1. The summed E-state index contributed by atoms with van der Waals surface area (Å²) in [6, 6.07) is 0. The Labute approximate surface area is 57.9 Å². The lowest BCUT2D eigenvalue weighted by molar-refractivity contribution is 0.0859. The van der Waals surface area contributed by atoms with E-state index in [1.807, 2.05) is 0 Å². The highest BCUT2D eigenvalue weighted by Crippen LogP contribution is 2.20. The zero-order valence-electron chi connectivity index (χ0n) is 5.02. The molecule has 3 nitrogen and oxygen atoms in total. The van der Waals surface area contributed by atoms with Crippen molar-refractivity contribution in [2.75, 3.05) is 12.5 Å². The molecule has 1 fully saturated rings. The Kier molecular flexibility index (Phi) is 1.53. The quantitative estimate of drug-likeness (QED) is 0.416. The summed E-state index contributed by atoms with van der Waals surface area (Å²) in [7, 11) is 0. The maximum atomic E-state index is 10.3. The van der Waals surface area contributed by atoms with Crippen LogP contribution in [0.25, 0.3) is 0 Å². The van der Waals surface area contributed by atoms with E-state index in [9.17, 15) is 4.79 Å². The molecular weight excluding hydrogens is 144 g/mol. The van der Waals surface area contributed by atoms with E-state index in [1.165, 1.54) is 0 Å². The largest absolute Gasteiger partial charge is 0.509 e. The molecule has 0 aromatic heterocycles. The van der Waals surface area contributed by atoms with Gasteiger partial charge < -0.3 is 9.47 Å². The molecule has 0 spiro atoms. The second-order valence-corrected chi connectivity index (χ2v) is 2.49. The molecule has 0 bridgehead atoms. The van der Waals surface area contributed by atoms with Crippen LogP contribution in [0.1, 0.15) is 6.92 Å². The van der Waals surface area contributed by atoms with Gasteiger partial charge in [-0.05, 0) is 6.92 Å². The normalized spacial score (nSPS) is 33.8. The number of cyclic esters (lactones) is 2. The molecule has 0 radical (unpaired) electrons. The molecule has 1 aliphatic heterocycles. The number of hydrogen-bond acceptors (Lipinski definition) is 3. The van der Waals surface area contributed by atoms with Gasteiger partial charge in [-0.25, -0.2) is 4.79 Å². The number of carbonyl (C=O) groups excluding carboxylic acids is 1. The Morgan fingerprint density at radius 1 is 1.89 bits per heavy atom. The van der Waals surface area contributed by atoms with Crippen molar-refractivity contribution in [2.24, 2.45) is 0 Å². The fraction of sp³-hybridized carbons (Fsp3) is 0.800. The summed E-state index contributed by atoms with van der Waals surface area (Å²) in [6.45, 7) is 1.99. The van der Waals surface area contributed by atoms with Gasteiger partial charge in [-0.2, -0.15) is 0 Å². The predicted molar refractivity (Wildman–Crippen MR) is 31.6 cm³/mol. The maximum absolute atomic E-state index is 10.3. The van der Waals surface area contributed by atoms with Crippen LogP contribution in [0, 0.1) is 0 Å². The first-order chi connectivity index (χ1) is 4.16. The first-order valence-corrected chi connectivity index (χ1v) is 3.11. The summed E-state index contributed by atoms with van der Waals surface area (Å²) in [6.07, 6.45) is -0.627. The summed E-state index contributed by atoms with van der Waals surface area (Å²) < 4.78 is 9.22. The van der Waals surface area contributed by atoms with Gasteiger partial charge in [-0.15, -0.1) is 11.6 Å². The van der Waals surface area contributed by atoms with Gasteiger partial charge >= 0.3 is 6.16 Å². The van der Waals surface area contributed by atoms with E-state index in [4.69, 9.17) is 16.3 Å². The first-order valence-electron chi connectivity index (χ1n) is 2.58. The fourth-order valence-electron chi connectivity index (χ4n) is 0.538. The van der Waals surface area contributed by atoms with Gasteiger partial charge in [0.25, 0.3) is 0 Å². The summed E-state index contributed by atoms with van der Waals surface area (Å²) >= 11 is 5.46. The molecule has 0 aromatic rings. The fourth-order valence-corrected chi connectivity index (χ4v) is 0.669. The van der Waals surface area contributed by atoms with Gasteiger partial charge in [0.15, 0.2) is 5.60 Å². The second-order valence-electron chi connectivity index (χ2n) is 2.22. The van der Waals surface area contributed by atoms with Crippen LogP contribution in [0.5, 0.6) is 0 Å². The first kappa shape index (κ1) is 6.68. The lowest BCUT2D eigenvalue weighted by Crippen LogP contribution is -2.29. The molecule has 4 heteroatoms. The lowest BCUT2D eigenvalue weighted by Gasteiger charge is -2.13. The SMILES string of the molecule is CC1(CCl)COC(=O)O1. The third-order valence-corrected chi connectivity index (χ3v) is 1.67. The molecule has 1 heterocycles. The topological polar surface area (TPSA) is 35.5 Å². The van der Waals surface area contributed by atoms with E-state index in [-0.39, 0.29) is 12.5 Å². The summed E-state index contributed by atoms with van der Waals surface area (Å²) in [5.41, 5.74) is -0.599. The Morgan fingerprint density at radius 3 is 2.78 bits per heavy atom. The standard InChI is InChI=1S/C5H7ClO3/c1-5(2-6)3-8-4(7)9-5/h2-3H2,1H3.